The number of benzene rings is 1. The minimum absolute atomic E-state index is 0.912. The van der Waals surface area contributed by atoms with Gasteiger partial charge in [0.05, 0.1) is 0 Å². The normalized spacial score (nSPS) is 12.5. The highest BCUT2D eigenvalue weighted by Crippen LogP contribution is 2.09. The molecule has 0 unspecified atom stereocenters. The van der Waals surface area contributed by atoms with Crippen LogP contribution in [0.2, 0.25) is 13.1 Å². The van der Waals surface area contributed by atoms with Crippen molar-refractivity contribution >= 4 is 13.5 Å². The first-order valence-corrected chi connectivity index (χ1v) is 11.5. The van der Waals surface area contributed by atoms with E-state index in [1.807, 2.05) is 6.92 Å². The highest BCUT2D eigenvalue weighted by atomic mass is 28.4. The predicted octanol–water partition coefficient (Wildman–Crippen LogP) is 5.59. The van der Waals surface area contributed by atoms with E-state index in [9.17, 15) is 0 Å². The maximum absolute atomic E-state index is 6.21. The topological polar surface area (TPSA) is 9.23 Å². The summed E-state index contributed by atoms with van der Waals surface area (Å²) in [5.74, 6) is 0. The number of rotatable bonds is 11. The van der Waals surface area contributed by atoms with Crippen molar-refractivity contribution in [1.29, 1.82) is 0 Å². The van der Waals surface area contributed by atoms with Crippen LogP contribution in [0.3, 0.4) is 0 Å². The summed E-state index contributed by atoms with van der Waals surface area (Å²) in [6, 6.07) is 10.7. The molecule has 22 heavy (non-hydrogen) atoms. The van der Waals surface area contributed by atoms with Crippen molar-refractivity contribution in [3.63, 3.8) is 0 Å². The van der Waals surface area contributed by atoms with Gasteiger partial charge in [-0.2, -0.15) is 0 Å². The van der Waals surface area contributed by atoms with Crippen molar-refractivity contribution in [2.45, 2.75) is 58.5 Å². The van der Waals surface area contributed by atoms with E-state index in [4.69, 9.17) is 4.43 Å². The summed E-state index contributed by atoms with van der Waals surface area (Å²) >= 11 is 0. The Morgan fingerprint density at radius 1 is 0.909 bits per heavy atom. The molecule has 1 aromatic rings. The molecule has 1 nitrogen and oxygen atoms in total. The Morgan fingerprint density at radius 3 is 2.32 bits per heavy atom. The van der Waals surface area contributed by atoms with Crippen LogP contribution in [0.25, 0.3) is 0 Å². The Balaban J connectivity index is 2.04. The standard InChI is InChI=1S/C20H32OSi/c1-4-5-6-7-8-9-10-11-12-16-19-21-22(2,3)20-17-14-13-15-18-20/h4-7,13-15,17-18H,8-12,16,19H2,1-3H3/b5-4+,7-6+. The second-order valence-corrected chi connectivity index (χ2v) is 10.1. The fourth-order valence-electron chi connectivity index (χ4n) is 2.43. The summed E-state index contributed by atoms with van der Waals surface area (Å²) in [6.45, 7) is 7.54. The highest BCUT2D eigenvalue weighted by Gasteiger charge is 2.24. The number of hydrogen-bond acceptors (Lipinski definition) is 1. The van der Waals surface area contributed by atoms with Crippen molar-refractivity contribution in [1.82, 2.24) is 0 Å². The van der Waals surface area contributed by atoms with Crippen molar-refractivity contribution in [3.05, 3.63) is 54.6 Å². The van der Waals surface area contributed by atoms with Gasteiger partial charge in [0, 0.05) is 6.61 Å². The smallest absolute Gasteiger partial charge is 0.218 e. The fraction of sp³-hybridized carbons (Fsp3) is 0.500. The molecule has 1 rings (SSSR count). The zero-order valence-corrected chi connectivity index (χ0v) is 15.6. The Kier molecular flexibility index (Phi) is 9.85. The second kappa shape index (κ2) is 11.4. The van der Waals surface area contributed by atoms with Gasteiger partial charge in [0.15, 0.2) is 0 Å². The molecule has 0 aromatic heterocycles. The molecule has 0 spiro atoms. The Hall–Kier alpha value is -1.12. The van der Waals surface area contributed by atoms with Crippen LogP contribution in [0.1, 0.15) is 45.4 Å². The van der Waals surface area contributed by atoms with E-state index < -0.39 is 8.32 Å². The Bertz CT molecular complexity index is 434. The maximum Gasteiger partial charge on any atom is 0.218 e. The van der Waals surface area contributed by atoms with Gasteiger partial charge in [0.25, 0.3) is 0 Å². The van der Waals surface area contributed by atoms with Crippen LogP contribution in [-0.2, 0) is 4.43 Å². The first-order chi connectivity index (χ1) is 10.7. The van der Waals surface area contributed by atoms with E-state index in [1.165, 1.54) is 43.7 Å². The van der Waals surface area contributed by atoms with Crippen LogP contribution < -0.4 is 5.19 Å². The summed E-state index contributed by atoms with van der Waals surface area (Å²) < 4.78 is 6.21. The molecule has 0 fully saturated rings. The SMILES string of the molecule is C/C=C/C=C/CCCCCCCO[Si](C)(C)c1ccccc1. The molecule has 0 radical (unpaired) electrons. The summed E-state index contributed by atoms with van der Waals surface area (Å²) in [5.41, 5.74) is 0. The quantitative estimate of drug-likeness (QED) is 0.294. The fourth-order valence-corrected chi connectivity index (χ4v) is 4.25. The van der Waals surface area contributed by atoms with Gasteiger partial charge in [0.1, 0.15) is 0 Å². The van der Waals surface area contributed by atoms with Crippen LogP contribution >= 0.6 is 0 Å². The lowest BCUT2D eigenvalue weighted by molar-refractivity contribution is 0.302. The molecule has 0 atom stereocenters. The van der Waals surface area contributed by atoms with Crippen LogP contribution in [0.15, 0.2) is 54.6 Å². The van der Waals surface area contributed by atoms with E-state index in [0.29, 0.717) is 0 Å². The van der Waals surface area contributed by atoms with E-state index in [0.717, 1.165) is 6.61 Å². The van der Waals surface area contributed by atoms with E-state index in [-0.39, 0.29) is 0 Å². The van der Waals surface area contributed by atoms with Gasteiger partial charge in [0.2, 0.25) is 8.32 Å². The summed E-state index contributed by atoms with van der Waals surface area (Å²) in [5, 5.41) is 1.39. The number of unbranched alkanes of at least 4 members (excludes halogenated alkanes) is 5. The van der Waals surface area contributed by atoms with Crippen molar-refractivity contribution in [2.24, 2.45) is 0 Å². The molecule has 0 saturated carbocycles. The molecule has 0 N–H and O–H groups in total. The average Bonchev–Trinajstić information content (AvgIpc) is 2.53. The molecular weight excluding hydrogens is 284 g/mol. The monoisotopic (exact) mass is 316 g/mol. The predicted molar refractivity (Wildman–Crippen MR) is 101 cm³/mol. The zero-order chi connectivity index (χ0) is 16.1. The first kappa shape index (κ1) is 18.9. The molecule has 1 aromatic carbocycles. The van der Waals surface area contributed by atoms with Crippen LogP contribution in [0, 0.1) is 0 Å². The molecular formula is C20H32OSi. The molecule has 0 amide bonds. The highest BCUT2D eigenvalue weighted by molar-refractivity contribution is 6.84. The zero-order valence-electron chi connectivity index (χ0n) is 14.6. The molecule has 0 aliphatic heterocycles. The molecule has 0 heterocycles. The summed E-state index contributed by atoms with van der Waals surface area (Å²) in [4.78, 5) is 0. The number of hydrogen-bond donors (Lipinski definition) is 0. The van der Waals surface area contributed by atoms with Gasteiger partial charge in [-0.1, -0.05) is 73.9 Å². The third-order valence-electron chi connectivity index (χ3n) is 3.89. The van der Waals surface area contributed by atoms with Crippen LogP contribution in [0.5, 0.6) is 0 Å². The van der Waals surface area contributed by atoms with Crippen LogP contribution in [0.4, 0.5) is 0 Å². The van der Waals surface area contributed by atoms with Crippen molar-refractivity contribution < 1.29 is 4.43 Å². The Labute approximate surface area is 138 Å². The Morgan fingerprint density at radius 2 is 1.59 bits per heavy atom. The molecule has 0 saturated heterocycles. The lowest BCUT2D eigenvalue weighted by Gasteiger charge is -2.23. The third kappa shape index (κ3) is 8.35. The van der Waals surface area contributed by atoms with E-state index in [2.05, 4.69) is 67.7 Å². The van der Waals surface area contributed by atoms with Gasteiger partial charge in [-0.25, -0.2) is 0 Å². The summed E-state index contributed by atoms with van der Waals surface area (Å²) in [7, 11) is -1.69. The van der Waals surface area contributed by atoms with Crippen molar-refractivity contribution in [3.8, 4) is 0 Å². The van der Waals surface area contributed by atoms with E-state index >= 15 is 0 Å². The minimum Gasteiger partial charge on any atom is -0.413 e. The molecule has 2 heteroatoms. The second-order valence-electron chi connectivity index (χ2n) is 6.24. The van der Waals surface area contributed by atoms with Gasteiger partial charge < -0.3 is 4.43 Å². The lowest BCUT2D eigenvalue weighted by Crippen LogP contribution is -2.44. The maximum atomic E-state index is 6.21. The number of allylic oxidation sites excluding steroid dienone is 4. The third-order valence-corrected chi connectivity index (χ3v) is 6.54. The molecule has 0 aliphatic rings. The van der Waals surface area contributed by atoms with E-state index in [1.54, 1.807) is 0 Å². The lowest BCUT2D eigenvalue weighted by atomic mass is 10.1. The van der Waals surface area contributed by atoms with Gasteiger partial charge in [-0.05, 0) is 44.5 Å². The molecule has 0 bridgehead atoms. The first-order valence-electron chi connectivity index (χ1n) is 8.64. The molecule has 122 valence electrons. The van der Waals surface area contributed by atoms with Crippen LogP contribution in [-0.4, -0.2) is 14.9 Å². The van der Waals surface area contributed by atoms with Crippen molar-refractivity contribution in [2.75, 3.05) is 6.61 Å². The summed E-state index contributed by atoms with van der Waals surface area (Å²) in [6.07, 6.45) is 16.2. The molecule has 0 aliphatic carbocycles. The van der Waals surface area contributed by atoms with Gasteiger partial charge in [-0.3, -0.25) is 0 Å². The minimum atomic E-state index is -1.69. The largest absolute Gasteiger partial charge is 0.413 e. The van der Waals surface area contributed by atoms with Gasteiger partial charge in [-0.15, -0.1) is 0 Å². The van der Waals surface area contributed by atoms with Gasteiger partial charge >= 0.3 is 0 Å². The average molecular weight is 317 g/mol.